The molecule has 1 atom stereocenters. The fraction of sp³-hybridized carbons (Fsp3) is 0.357. The summed E-state index contributed by atoms with van der Waals surface area (Å²) in [5.74, 6) is 0.215. The lowest BCUT2D eigenvalue weighted by Crippen LogP contribution is -2.42. The van der Waals surface area contributed by atoms with E-state index in [2.05, 4.69) is 22.8 Å². The van der Waals surface area contributed by atoms with Gasteiger partial charge >= 0.3 is 6.03 Å². The Morgan fingerprint density at radius 1 is 1.39 bits per heavy atom. The Labute approximate surface area is 107 Å². The minimum Gasteiger partial charge on any atom is -0.508 e. The summed E-state index contributed by atoms with van der Waals surface area (Å²) in [5.41, 5.74) is 0.883. The third kappa shape index (κ3) is 3.80. The molecule has 3 N–H and O–H groups in total. The van der Waals surface area contributed by atoms with E-state index in [-0.39, 0.29) is 17.8 Å². The van der Waals surface area contributed by atoms with E-state index in [9.17, 15) is 9.90 Å². The molecule has 4 nitrogen and oxygen atoms in total. The van der Waals surface area contributed by atoms with Crippen LogP contribution in [0, 0.1) is 0 Å². The molecule has 0 unspecified atom stereocenters. The van der Waals surface area contributed by atoms with Crippen LogP contribution in [0.5, 0.6) is 5.75 Å². The Kier molecular flexibility index (Phi) is 4.23. The number of hydrogen-bond donors (Lipinski definition) is 3. The van der Waals surface area contributed by atoms with Crippen LogP contribution in [0.3, 0.4) is 0 Å². The number of carbonyl (C=O) groups excluding carboxylic acids is 1. The molecule has 1 aliphatic rings. The standard InChI is InChI=1S/C14H18N2O2/c17-13-8-4-5-11(9-13)10-15-14(18)16-12-6-2-1-3-7-12/h1-2,4-5,8-9,12,17H,3,6-7,10H2,(H2,15,16,18)/t12-/m0/s1. The van der Waals surface area contributed by atoms with Gasteiger partial charge < -0.3 is 15.7 Å². The quantitative estimate of drug-likeness (QED) is 0.717. The van der Waals surface area contributed by atoms with Crippen LogP contribution in [0.2, 0.25) is 0 Å². The van der Waals surface area contributed by atoms with Crippen molar-refractivity contribution in [2.75, 3.05) is 0 Å². The van der Waals surface area contributed by atoms with Crippen molar-refractivity contribution in [1.29, 1.82) is 0 Å². The van der Waals surface area contributed by atoms with E-state index in [1.807, 2.05) is 6.07 Å². The summed E-state index contributed by atoms with van der Waals surface area (Å²) < 4.78 is 0. The van der Waals surface area contributed by atoms with Crippen molar-refractivity contribution < 1.29 is 9.90 Å². The molecular weight excluding hydrogens is 228 g/mol. The first-order valence-corrected chi connectivity index (χ1v) is 6.21. The van der Waals surface area contributed by atoms with Crippen molar-refractivity contribution in [1.82, 2.24) is 10.6 Å². The predicted octanol–water partition coefficient (Wildman–Crippen LogP) is 2.30. The maximum atomic E-state index is 11.7. The molecule has 0 saturated carbocycles. The molecular formula is C14H18N2O2. The van der Waals surface area contributed by atoms with Crippen LogP contribution < -0.4 is 10.6 Å². The van der Waals surface area contributed by atoms with E-state index >= 15 is 0 Å². The zero-order valence-electron chi connectivity index (χ0n) is 10.2. The van der Waals surface area contributed by atoms with Crippen molar-refractivity contribution in [2.24, 2.45) is 0 Å². The number of hydrogen-bond acceptors (Lipinski definition) is 2. The van der Waals surface area contributed by atoms with Gasteiger partial charge in [-0.05, 0) is 37.0 Å². The molecule has 2 rings (SSSR count). The molecule has 1 aromatic rings. The van der Waals surface area contributed by atoms with Gasteiger partial charge in [0.1, 0.15) is 5.75 Å². The van der Waals surface area contributed by atoms with E-state index < -0.39 is 0 Å². The highest BCUT2D eigenvalue weighted by Gasteiger charge is 2.12. The first-order valence-electron chi connectivity index (χ1n) is 6.21. The number of nitrogens with one attached hydrogen (secondary N) is 2. The maximum Gasteiger partial charge on any atom is 0.315 e. The Morgan fingerprint density at radius 2 is 2.28 bits per heavy atom. The van der Waals surface area contributed by atoms with Crippen LogP contribution in [0.25, 0.3) is 0 Å². The van der Waals surface area contributed by atoms with Gasteiger partial charge in [0.25, 0.3) is 0 Å². The van der Waals surface area contributed by atoms with E-state index in [0.29, 0.717) is 6.54 Å². The minimum absolute atomic E-state index is 0.154. The fourth-order valence-electron chi connectivity index (χ4n) is 2.01. The first-order chi connectivity index (χ1) is 8.74. The van der Waals surface area contributed by atoms with Gasteiger partial charge in [-0.3, -0.25) is 0 Å². The second kappa shape index (κ2) is 6.10. The molecule has 96 valence electrons. The summed E-state index contributed by atoms with van der Waals surface area (Å²) in [5, 5.41) is 15.0. The summed E-state index contributed by atoms with van der Waals surface area (Å²) in [4.78, 5) is 11.7. The van der Waals surface area contributed by atoms with Gasteiger partial charge in [-0.1, -0.05) is 24.3 Å². The SMILES string of the molecule is O=C(NCc1cccc(O)c1)N[C@H]1CC=CCC1. The third-order valence-electron chi connectivity index (χ3n) is 2.97. The molecule has 1 aromatic carbocycles. The van der Waals surface area contributed by atoms with Gasteiger partial charge in [0, 0.05) is 12.6 Å². The predicted molar refractivity (Wildman–Crippen MR) is 70.3 cm³/mol. The maximum absolute atomic E-state index is 11.7. The number of urea groups is 1. The van der Waals surface area contributed by atoms with Crippen molar-refractivity contribution in [3.8, 4) is 5.75 Å². The number of rotatable bonds is 3. The molecule has 1 aliphatic carbocycles. The lowest BCUT2D eigenvalue weighted by molar-refractivity contribution is 0.235. The molecule has 0 spiro atoms. The molecule has 0 heterocycles. The lowest BCUT2D eigenvalue weighted by atomic mass is 10.0. The molecule has 0 bridgehead atoms. The molecule has 2 amide bonds. The molecule has 18 heavy (non-hydrogen) atoms. The summed E-state index contributed by atoms with van der Waals surface area (Å²) in [6.07, 6.45) is 7.17. The monoisotopic (exact) mass is 246 g/mol. The second-order valence-corrected chi connectivity index (χ2v) is 4.48. The molecule has 0 radical (unpaired) electrons. The van der Waals surface area contributed by atoms with Gasteiger partial charge in [0.05, 0.1) is 0 Å². The van der Waals surface area contributed by atoms with Crippen LogP contribution in [0.15, 0.2) is 36.4 Å². The van der Waals surface area contributed by atoms with E-state index in [4.69, 9.17) is 0 Å². The average molecular weight is 246 g/mol. The number of amides is 2. The van der Waals surface area contributed by atoms with Crippen LogP contribution in [0.4, 0.5) is 4.79 Å². The number of aromatic hydroxyl groups is 1. The highest BCUT2D eigenvalue weighted by Crippen LogP contribution is 2.11. The van der Waals surface area contributed by atoms with Crippen molar-refractivity contribution in [3.05, 3.63) is 42.0 Å². The van der Waals surface area contributed by atoms with Crippen LogP contribution in [-0.2, 0) is 6.54 Å². The number of benzene rings is 1. The Hall–Kier alpha value is -1.97. The smallest absolute Gasteiger partial charge is 0.315 e. The first kappa shape index (κ1) is 12.5. The largest absolute Gasteiger partial charge is 0.508 e. The Bertz CT molecular complexity index is 443. The second-order valence-electron chi connectivity index (χ2n) is 4.48. The van der Waals surface area contributed by atoms with Gasteiger partial charge in [-0.25, -0.2) is 4.79 Å². The van der Waals surface area contributed by atoms with Crippen LogP contribution in [0.1, 0.15) is 24.8 Å². The Balaban J connectivity index is 1.76. The molecule has 4 heteroatoms. The summed E-state index contributed by atoms with van der Waals surface area (Å²) in [7, 11) is 0. The molecule has 0 saturated heterocycles. The van der Waals surface area contributed by atoms with Gasteiger partial charge in [-0.15, -0.1) is 0 Å². The highest BCUT2D eigenvalue weighted by molar-refractivity contribution is 5.74. The summed E-state index contributed by atoms with van der Waals surface area (Å²) >= 11 is 0. The van der Waals surface area contributed by atoms with Crippen LogP contribution in [-0.4, -0.2) is 17.2 Å². The van der Waals surface area contributed by atoms with Crippen LogP contribution >= 0.6 is 0 Å². The van der Waals surface area contributed by atoms with Crippen molar-refractivity contribution >= 4 is 6.03 Å². The summed E-state index contributed by atoms with van der Waals surface area (Å²) in [6, 6.07) is 6.96. The van der Waals surface area contributed by atoms with Gasteiger partial charge in [-0.2, -0.15) is 0 Å². The molecule has 0 aromatic heterocycles. The summed E-state index contributed by atoms with van der Waals surface area (Å²) in [6.45, 7) is 0.419. The van der Waals surface area contributed by atoms with Gasteiger partial charge in [0.15, 0.2) is 0 Å². The Morgan fingerprint density at radius 3 is 3.00 bits per heavy atom. The van der Waals surface area contributed by atoms with E-state index in [0.717, 1.165) is 24.8 Å². The van der Waals surface area contributed by atoms with Gasteiger partial charge in [0.2, 0.25) is 0 Å². The normalized spacial score (nSPS) is 18.3. The number of phenolic OH excluding ortho intramolecular Hbond substituents is 1. The highest BCUT2D eigenvalue weighted by atomic mass is 16.3. The van der Waals surface area contributed by atoms with E-state index in [1.54, 1.807) is 18.2 Å². The van der Waals surface area contributed by atoms with Crippen molar-refractivity contribution in [3.63, 3.8) is 0 Å². The number of carbonyl (C=O) groups is 1. The van der Waals surface area contributed by atoms with E-state index in [1.165, 1.54) is 0 Å². The third-order valence-corrected chi connectivity index (χ3v) is 2.97. The number of phenols is 1. The lowest BCUT2D eigenvalue weighted by Gasteiger charge is -2.19. The fourth-order valence-corrected chi connectivity index (χ4v) is 2.01. The van der Waals surface area contributed by atoms with Crippen molar-refractivity contribution in [2.45, 2.75) is 31.8 Å². The topological polar surface area (TPSA) is 61.4 Å². The zero-order chi connectivity index (χ0) is 12.8. The number of allylic oxidation sites excluding steroid dienone is 1. The molecule has 0 aliphatic heterocycles. The minimum atomic E-state index is -0.154. The average Bonchev–Trinajstić information content (AvgIpc) is 2.38. The zero-order valence-corrected chi connectivity index (χ0v) is 10.2. The molecule has 0 fully saturated rings.